The molecule has 3 amide bonds. The van der Waals surface area contributed by atoms with E-state index in [1.165, 1.54) is 0 Å². The van der Waals surface area contributed by atoms with Gasteiger partial charge in [0.25, 0.3) is 0 Å². The third-order valence-corrected chi connectivity index (χ3v) is 3.78. The number of nitrogens with zero attached hydrogens (tertiary/aromatic N) is 1. The Kier molecular flexibility index (Phi) is 3.25. The van der Waals surface area contributed by atoms with E-state index in [0.717, 1.165) is 12.0 Å². The van der Waals surface area contributed by atoms with Crippen molar-refractivity contribution in [2.75, 3.05) is 16.8 Å². The Balaban J connectivity index is 1.93. The van der Waals surface area contributed by atoms with Crippen LogP contribution in [-0.4, -0.2) is 35.6 Å². The molecule has 0 saturated carbocycles. The fourth-order valence-electron chi connectivity index (χ4n) is 2.82. The summed E-state index contributed by atoms with van der Waals surface area (Å²) in [4.78, 5) is 36.2. The van der Waals surface area contributed by atoms with Gasteiger partial charge in [0.05, 0.1) is 11.4 Å². The van der Waals surface area contributed by atoms with E-state index in [4.69, 9.17) is 5.11 Å². The molecule has 7 nitrogen and oxygen atoms in total. The maximum Gasteiger partial charge on any atom is 0.405 e. The van der Waals surface area contributed by atoms with Gasteiger partial charge in [-0.3, -0.25) is 9.59 Å². The molecule has 21 heavy (non-hydrogen) atoms. The molecule has 7 heteroatoms. The van der Waals surface area contributed by atoms with Crippen LogP contribution in [0.25, 0.3) is 0 Å². The fraction of sp³-hybridized carbons (Fsp3) is 0.357. The molecule has 0 aromatic heterocycles. The number of benzene rings is 1. The second-order valence-electron chi connectivity index (χ2n) is 5.16. The minimum atomic E-state index is -1.23. The first-order chi connectivity index (χ1) is 10.1. The Bertz CT molecular complexity index is 629. The van der Waals surface area contributed by atoms with Crippen LogP contribution in [-0.2, 0) is 16.0 Å². The van der Waals surface area contributed by atoms with Crippen LogP contribution in [0.5, 0.6) is 0 Å². The number of anilines is 2. The van der Waals surface area contributed by atoms with E-state index in [1.54, 1.807) is 11.0 Å². The summed E-state index contributed by atoms with van der Waals surface area (Å²) in [5.74, 6) is -0.354. The monoisotopic (exact) mass is 289 g/mol. The molecule has 3 N–H and O–H groups in total. The number of amides is 3. The Morgan fingerprint density at radius 3 is 2.86 bits per heavy atom. The Hall–Kier alpha value is -2.57. The third-order valence-electron chi connectivity index (χ3n) is 3.78. The van der Waals surface area contributed by atoms with Crippen molar-refractivity contribution in [3.8, 4) is 0 Å². The van der Waals surface area contributed by atoms with Gasteiger partial charge < -0.3 is 20.6 Å². The molecule has 1 fully saturated rings. The number of hydrogen-bond acceptors (Lipinski definition) is 3. The normalized spacial score (nSPS) is 21.0. The van der Waals surface area contributed by atoms with E-state index >= 15 is 0 Å². The predicted molar refractivity (Wildman–Crippen MR) is 75.3 cm³/mol. The standard InChI is InChI=1S/C14H15N3O4/c18-11-5-2-6-17(11)10-4-1-3-8-7-9(15-14(20)21)13(19)16-12(8)10/h1,3-4,9,15H,2,5-7H2,(H,16,19)(H,20,21). The van der Waals surface area contributed by atoms with Crippen LogP contribution in [0.4, 0.5) is 16.2 Å². The molecule has 3 rings (SSSR count). The van der Waals surface area contributed by atoms with Gasteiger partial charge >= 0.3 is 6.09 Å². The molecule has 0 aliphatic carbocycles. The molecule has 1 aromatic carbocycles. The molecule has 1 aromatic rings. The molecule has 2 heterocycles. The highest BCUT2D eigenvalue weighted by Crippen LogP contribution is 2.35. The number of carbonyl (C=O) groups excluding carboxylic acids is 2. The molecular formula is C14H15N3O4. The minimum Gasteiger partial charge on any atom is -0.465 e. The van der Waals surface area contributed by atoms with E-state index < -0.39 is 18.0 Å². The minimum absolute atomic E-state index is 0.0448. The summed E-state index contributed by atoms with van der Waals surface area (Å²) >= 11 is 0. The molecule has 0 spiro atoms. The highest BCUT2D eigenvalue weighted by Gasteiger charge is 2.32. The van der Waals surface area contributed by atoms with Gasteiger partial charge in [-0.2, -0.15) is 0 Å². The molecule has 0 radical (unpaired) electrons. The van der Waals surface area contributed by atoms with Crippen molar-refractivity contribution in [1.82, 2.24) is 5.32 Å². The zero-order valence-electron chi connectivity index (χ0n) is 11.3. The van der Waals surface area contributed by atoms with Gasteiger partial charge in [0.1, 0.15) is 6.04 Å². The number of para-hydroxylation sites is 1. The Morgan fingerprint density at radius 2 is 2.19 bits per heavy atom. The molecule has 2 aliphatic heterocycles. The smallest absolute Gasteiger partial charge is 0.405 e. The second kappa shape index (κ2) is 5.08. The lowest BCUT2D eigenvalue weighted by Gasteiger charge is -2.28. The maximum atomic E-state index is 12.0. The van der Waals surface area contributed by atoms with Gasteiger partial charge in [0.15, 0.2) is 0 Å². The second-order valence-corrected chi connectivity index (χ2v) is 5.16. The van der Waals surface area contributed by atoms with Crippen molar-refractivity contribution >= 4 is 29.3 Å². The van der Waals surface area contributed by atoms with Crippen LogP contribution in [0.1, 0.15) is 18.4 Å². The fourth-order valence-corrected chi connectivity index (χ4v) is 2.82. The van der Waals surface area contributed by atoms with Gasteiger partial charge in [-0.15, -0.1) is 0 Å². The zero-order valence-corrected chi connectivity index (χ0v) is 11.3. The largest absolute Gasteiger partial charge is 0.465 e. The van der Waals surface area contributed by atoms with E-state index in [9.17, 15) is 14.4 Å². The third kappa shape index (κ3) is 2.42. The number of carboxylic acid groups (broad SMARTS) is 1. The SMILES string of the molecule is O=C(O)NC1Cc2cccc(N3CCCC3=O)c2NC1=O. The van der Waals surface area contributed by atoms with Crippen molar-refractivity contribution in [3.63, 3.8) is 0 Å². The average molecular weight is 289 g/mol. The maximum absolute atomic E-state index is 12.0. The van der Waals surface area contributed by atoms with Crippen molar-refractivity contribution in [1.29, 1.82) is 0 Å². The van der Waals surface area contributed by atoms with E-state index in [1.807, 2.05) is 12.1 Å². The van der Waals surface area contributed by atoms with Crippen LogP contribution in [0.3, 0.4) is 0 Å². The molecule has 1 unspecified atom stereocenters. The summed E-state index contributed by atoms with van der Waals surface area (Å²) in [5, 5.41) is 13.7. The lowest BCUT2D eigenvalue weighted by molar-refractivity contribution is -0.118. The number of fused-ring (bicyclic) bond motifs is 1. The number of hydrogen-bond donors (Lipinski definition) is 3. The zero-order chi connectivity index (χ0) is 15.0. The predicted octanol–water partition coefficient (Wildman–Crippen LogP) is 0.944. The molecule has 1 saturated heterocycles. The van der Waals surface area contributed by atoms with Crippen LogP contribution < -0.4 is 15.5 Å². The molecule has 1 atom stereocenters. The number of carbonyl (C=O) groups is 3. The number of nitrogens with one attached hydrogen (secondary N) is 2. The highest BCUT2D eigenvalue weighted by atomic mass is 16.4. The lowest BCUT2D eigenvalue weighted by Crippen LogP contribution is -2.47. The highest BCUT2D eigenvalue weighted by molar-refractivity contribution is 6.06. The van der Waals surface area contributed by atoms with Gasteiger partial charge in [0.2, 0.25) is 11.8 Å². The van der Waals surface area contributed by atoms with Crippen molar-refractivity contribution in [2.45, 2.75) is 25.3 Å². The van der Waals surface area contributed by atoms with Gasteiger partial charge in [-0.05, 0) is 18.1 Å². The first kappa shape index (κ1) is 13.4. The van der Waals surface area contributed by atoms with E-state index in [-0.39, 0.29) is 12.3 Å². The summed E-state index contributed by atoms with van der Waals surface area (Å²) in [6, 6.07) is 4.64. The summed E-state index contributed by atoms with van der Waals surface area (Å²) in [7, 11) is 0. The first-order valence-electron chi connectivity index (χ1n) is 6.79. The molecular weight excluding hydrogens is 274 g/mol. The van der Waals surface area contributed by atoms with Crippen LogP contribution in [0, 0.1) is 0 Å². The topological polar surface area (TPSA) is 98.7 Å². The summed E-state index contributed by atoms with van der Waals surface area (Å²) < 4.78 is 0. The molecule has 110 valence electrons. The van der Waals surface area contributed by atoms with E-state index in [0.29, 0.717) is 24.3 Å². The van der Waals surface area contributed by atoms with Crippen molar-refractivity contribution in [3.05, 3.63) is 23.8 Å². The van der Waals surface area contributed by atoms with Crippen LogP contribution >= 0.6 is 0 Å². The van der Waals surface area contributed by atoms with Crippen LogP contribution in [0.2, 0.25) is 0 Å². The summed E-state index contributed by atoms with van der Waals surface area (Å²) in [6.45, 7) is 0.641. The number of rotatable bonds is 2. The Labute approximate surface area is 120 Å². The van der Waals surface area contributed by atoms with Gasteiger partial charge in [-0.25, -0.2) is 4.79 Å². The van der Waals surface area contributed by atoms with E-state index in [2.05, 4.69) is 10.6 Å². The van der Waals surface area contributed by atoms with Crippen molar-refractivity contribution < 1.29 is 19.5 Å². The van der Waals surface area contributed by atoms with Crippen molar-refractivity contribution in [2.24, 2.45) is 0 Å². The summed E-state index contributed by atoms with van der Waals surface area (Å²) in [5.41, 5.74) is 2.13. The van der Waals surface area contributed by atoms with Gasteiger partial charge in [0, 0.05) is 19.4 Å². The Morgan fingerprint density at radius 1 is 1.38 bits per heavy atom. The first-order valence-corrected chi connectivity index (χ1v) is 6.79. The molecule has 0 bridgehead atoms. The summed E-state index contributed by atoms with van der Waals surface area (Å²) in [6.07, 6.45) is 0.369. The molecule has 2 aliphatic rings. The quantitative estimate of drug-likeness (QED) is 0.754. The lowest BCUT2D eigenvalue weighted by atomic mass is 9.97. The van der Waals surface area contributed by atoms with Gasteiger partial charge in [-0.1, -0.05) is 12.1 Å². The van der Waals surface area contributed by atoms with Crippen LogP contribution in [0.15, 0.2) is 18.2 Å². The average Bonchev–Trinajstić information content (AvgIpc) is 2.85.